The molecule has 1 heterocycles. The Kier molecular flexibility index (Phi) is 24.8. The molecule has 20 rings (SSSR count). The van der Waals surface area contributed by atoms with Crippen LogP contribution in [0.5, 0.6) is 11.5 Å². The van der Waals surface area contributed by atoms with Gasteiger partial charge in [0.15, 0.2) is 11.5 Å². The van der Waals surface area contributed by atoms with E-state index in [-0.39, 0.29) is 50.1 Å². The molecule has 0 saturated heterocycles. The van der Waals surface area contributed by atoms with Crippen molar-refractivity contribution >= 4 is 0 Å². The summed E-state index contributed by atoms with van der Waals surface area (Å²) in [4.78, 5) is 0. The summed E-state index contributed by atoms with van der Waals surface area (Å²) in [6.07, 6.45) is 0. The molecule has 0 radical (unpaired) electrons. The molecular formula is C142H138O2. The number of benzene rings is 18. The van der Waals surface area contributed by atoms with Crippen LogP contribution in [0.2, 0.25) is 0 Å². The Labute approximate surface area is 858 Å². The van der Waals surface area contributed by atoms with E-state index in [1.165, 1.54) is 44.5 Å². The van der Waals surface area contributed by atoms with Crippen LogP contribution in [0.4, 0.5) is 0 Å². The third-order valence-corrected chi connectivity index (χ3v) is 30.4. The van der Waals surface area contributed by atoms with Crippen LogP contribution < -0.4 is 9.47 Å². The largest absolute Gasteiger partial charge is 0.454 e. The second-order valence-corrected chi connectivity index (χ2v) is 49.1. The zero-order valence-electron chi connectivity index (χ0n) is 89.0. The summed E-state index contributed by atoms with van der Waals surface area (Å²) in [6.45, 7) is 55.5. The lowest BCUT2D eigenvalue weighted by atomic mass is 9.65. The predicted molar refractivity (Wildman–Crippen MR) is 616 cm³/mol. The van der Waals surface area contributed by atoms with Crippen LogP contribution in [0.3, 0.4) is 0 Å². The van der Waals surface area contributed by atoms with E-state index in [0.29, 0.717) is 11.5 Å². The lowest BCUT2D eigenvalue weighted by Crippen LogP contribution is -2.29. The van der Waals surface area contributed by atoms with Crippen LogP contribution >= 0.6 is 0 Å². The van der Waals surface area contributed by atoms with E-state index in [0.717, 1.165) is 189 Å². The Morgan fingerprint density at radius 1 is 0.153 bits per heavy atom. The summed E-state index contributed by atoms with van der Waals surface area (Å²) in [5.41, 5.74) is 46.4. The highest BCUT2D eigenvalue weighted by atomic mass is 16.7. The lowest BCUT2D eigenvalue weighted by molar-refractivity contribution is 0.174. The van der Waals surface area contributed by atoms with Crippen molar-refractivity contribution in [2.45, 2.75) is 215 Å². The molecule has 2 aliphatic rings. The van der Waals surface area contributed by atoms with Crippen LogP contribution in [0.1, 0.15) is 233 Å². The van der Waals surface area contributed by atoms with Crippen molar-refractivity contribution < 1.29 is 9.47 Å². The second kappa shape index (κ2) is 36.8. The number of hydrogen-bond donors (Lipinski definition) is 0. The first-order chi connectivity index (χ1) is 68.3. The lowest BCUT2D eigenvalue weighted by Gasteiger charge is -2.36. The highest BCUT2D eigenvalue weighted by Crippen LogP contribution is 2.63. The minimum Gasteiger partial charge on any atom is -0.454 e. The van der Waals surface area contributed by atoms with Gasteiger partial charge in [-0.15, -0.1) is 0 Å². The van der Waals surface area contributed by atoms with Crippen molar-refractivity contribution in [2.24, 2.45) is 0 Å². The molecule has 0 atom stereocenters. The summed E-state index contributed by atoms with van der Waals surface area (Å²) < 4.78 is 13.8. The second-order valence-electron chi connectivity index (χ2n) is 49.1. The summed E-state index contributed by atoms with van der Waals surface area (Å²) >= 11 is 0. The molecule has 0 aromatic heterocycles. The molecular weight excluding hydrogens is 1740 g/mol. The molecule has 0 unspecified atom stereocenters. The van der Waals surface area contributed by atoms with Gasteiger partial charge in [0.2, 0.25) is 6.79 Å². The molecule has 0 amide bonds. The van der Waals surface area contributed by atoms with Crippen molar-refractivity contribution in [2.75, 3.05) is 6.79 Å². The quantitative estimate of drug-likeness (QED) is 0.0960. The molecule has 18 aromatic carbocycles. The van der Waals surface area contributed by atoms with E-state index in [1.807, 2.05) is 0 Å². The van der Waals surface area contributed by atoms with Gasteiger partial charge in [0.05, 0.1) is 5.41 Å². The average Bonchev–Trinajstić information content (AvgIpc) is 1.51. The van der Waals surface area contributed by atoms with E-state index in [9.17, 15) is 0 Å². The van der Waals surface area contributed by atoms with E-state index < -0.39 is 5.41 Å². The Hall–Kier alpha value is -14.4. The van der Waals surface area contributed by atoms with Crippen molar-refractivity contribution in [3.8, 4) is 178 Å². The van der Waals surface area contributed by atoms with Gasteiger partial charge in [-0.25, -0.2) is 0 Å². The molecule has 18 aromatic rings. The fraction of sp³-hybridized carbons (Fsp3) is 0.239. The minimum atomic E-state index is -1.23. The van der Waals surface area contributed by atoms with E-state index >= 15 is 0 Å². The van der Waals surface area contributed by atoms with Crippen LogP contribution in [-0.4, -0.2) is 6.79 Å². The van der Waals surface area contributed by atoms with Crippen LogP contribution in [-0.2, 0) is 48.7 Å². The van der Waals surface area contributed by atoms with Crippen LogP contribution in [0.25, 0.3) is 167 Å². The summed E-state index contributed by atoms with van der Waals surface area (Å²) in [5, 5.41) is 0. The smallest absolute Gasteiger partial charge is 0.231 e. The molecule has 0 N–H and O–H groups in total. The first-order valence-corrected chi connectivity index (χ1v) is 51.8. The maximum absolute atomic E-state index is 6.98. The van der Waals surface area contributed by atoms with Crippen molar-refractivity contribution in [3.63, 3.8) is 0 Å². The minimum absolute atomic E-state index is 0.0608. The highest BCUT2D eigenvalue weighted by Gasteiger charge is 2.50. The number of hydrogen-bond acceptors (Lipinski definition) is 2. The summed E-state index contributed by atoms with van der Waals surface area (Å²) in [5.74, 6) is 1.41. The number of rotatable bonds is 16. The molecule has 1 aliphatic heterocycles. The molecule has 0 saturated carbocycles. The van der Waals surface area contributed by atoms with Crippen molar-refractivity contribution in [1.82, 2.24) is 0 Å². The molecule has 0 fully saturated rings. The maximum atomic E-state index is 6.98. The zero-order chi connectivity index (χ0) is 101. The predicted octanol–water partition coefficient (Wildman–Crippen LogP) is 39.5. The zero-order valence-corrected chi connectivity index (χ0v) is 89.0. The van der Waals surface area contributed by atoms with Gasteiger partial charge in [0.25, 0.3) is 0 Å². The Bertz CT molecular complexity index is 6840. The SMILES string of the molecule is CC(C)(C)c1ccc(-c2cc(-c3ccc(C(C)(C)C)cc3)cc(-c3cc(-c4cc(-c5ccc(C(C)(C)C)cc5)cc(-c5ccc(C(C)(C)C)cc5)c4)cc(C4(c5cc(-c6cc(-c7ccc(C(C)(C)C)cc7)cc(-c7ccc(C(C)(C)C)cc7)c6)cc(-c6cc(-c7ccc(C(C)(C)C)cc7)cc(-c7ccc(C(C)(C)C)cc7)c6)c5)c5cc6c(cc5-c5c(-c7ccccc7-c7ccccc7)cccc54)OCO6)c3)c2)cc1. The molecule has 0 bridgehead atoms. The van der Waals surface area contributed by atoms with Gasteiger partial charge in [-0.3, -0.25) is 0 Å². The Morgan fingerprint density at radius 3 is 0.590 bits per heavy atom. The van der Waals surface area contributed by atoms with E-state index in [4.69, 9.17) is 9.47 Å². The number of fused-ring (bicyclic) bond motifs is 4. The van der Waals surface area contributed by atoms with Gasteiger partial charge in [0, 0.05) is 0 Å². The monoisotopic (exact) mass is 1880 g/mol. The Morgan fingerprint density at radius 2 is 0.354 bits per heavy atom. The Balaban J connectivity index is 0.973. The molecule has 144 heavy (non-hydrogen) atoms. The van der Waals surface area contributed by atoms with Crippen molar-refractivity contribution in [1.29, 1.82) is 0 Å². The summed E-state index contributed by atoms with van der Waals surface area (Å²) in [6, 6.07) is 152. The van der Waals surface area contributed by atoms with Gasteiger partial charge in [-0.1, -0.05) is 433 Å². The molecule has 1 aliphatic carbocycles. The maximum Gasteiger partial charge on any atom is 0.231 e. The van der Waals surface area contributed by atoms with E-state index in [2.05, 4.69) is 554 Å². The summed E-state index contributed by atoms with van der Waals surface area (Å²) in [7, 11) is 0. The van der Waals surface area contributed by atoms with Gasteiger partial charge < -0.3 is 9.47 Å². The molecule has 2 nitrogen and oxygen atoms in total. The fourth-order valence-corrected chi connectivity index (χ4v) is 21.5. The van der Waals surface area contributed by atoms with Crippen LogP contribution in [0.15, 0.2) is 388 Å². The third-order valence-electron chi connectivity index (χ3n) is 30.4. The highest BCUT2D eigenvalue weighted by molar-refractivity contribution is 6.02. The van der Waals surface area contributed by atoms with Gasteiger partial charge in [0.1, 0.15) is 0 Å². The molecule has 0 spiro atoms. The van der Waals surface area contributed by atoms with Gasteiger partial charge >= 0.3 is 0 Å². The molecule has 2 heteroatoms. The van der Waals surface area contributed by atoms with Crippen LogP contribution in [0, 0.1) is 0 Å². The fourth-order valence-electron chi connectivity index (χ4n) is 21.5. The van der Waals surface area contributed by atoms with Gasteiger partial charge in [-0.2, -0.15) is 0 Å². The molecule has 718 valence electrons. The first kappa shape index (κ1) is 97.0. The standard InChI is InChI=1S/C142H138O2/c1-134(2,3)115-53-37-90(38-54-115)99-69-100(91-39-55-116(56-40-91)135(4,5)6)74-107(73-99)111-81-112(108-75-101(92-41-57-117(58-42-92)136(7,8)9)70-102(76-108)93-43-59-118(60-44-93)137(10,11)12)84-123(83-111)142(129-36-30-35-127(126-34-29-28-33-125(126)98-31-26-25-27-32-98)133(129)128-87-131-132(88-130(128)142)144-89-143-131)124-85-113(109-77-103(94-45-61-119(62-46-94)138(13,14)15)71-104(78-109)95-47-63-120(64-48-95)139(16,17)18)82-114(86-124)110-79-105(96-49-65-121(66-50-96)140(19,20)21)72-106(80-110)97-51-67-122(68-52-97)141(22,23)24/h25-88H,89H2,1-24H3. The topological polar surface area (TPSA) is 18.5 Å². The van der Waals surface area contributed by atoms with Crippen molar-refractivity contribution in [3.05, 3.63) is 455 Å². The number of ether oxygens (including phenoxy) is 2. The third kappa shape index (κ3) is 19.4. The van der Waals surface area contributed by atoms with Gasteiger partial charge in [-0.05, 0) is 398 Å². The van der Waals surface area contributed by atoms with E-state index in [1.54, 1.807) is 0 Å². The average molecular weight is 1880 g/mol. The normalized spacial score (nSPS) is 13.3. The first-order valence-electron chi connectivity index (χ1n) is 51.8.